The van der Waals surface area contributed by atoms with E-state index in [2.05, 4.69) is 100 Å². The topological polar surface area (TPSA) is 3.24 Å². The van der Waals surface area contributed by atoms with E-state index in [4.69, 9.17) is 0 Å². The van der Waals surface area contributed by atoms with Crippen LogP contribution < -0.4 is 4.90 Å². The summed E-state index contributed by atoms with van der Waals surface area (Å²) in [6.45, 7) is 23.9. The SMILES string of the molecule is [2H]c1c([2H])c(N(c2cccc(-c3ccc(/C=C\C=C)c(/C=C\C=C)c3)c2)c2ccc3c(c2)C(/C(C=C)=C/C=C)(c2ccccc2)c2ccccc2-3)c([2H])c([2H])c1C(=C)/C=C\C=C. The maximum atomic E-state index is 9.61. The molecule has 1 aliphatic carbocycles. The zero-order chi connectivity index (χ0) is 44.0. The minimum atomic E-state index is -0.808. The summed E-state index contributed by atoms with van der Waals surface area (Å²) in [5.74, 6) is 0. The summed E-state index contributed by atoms with van der Waals surface area (Å²) in [6.07, 6.45) is 21.9. The van der Waals surface area contributed by atoms with E-state index in [0.717, 1.165) is 55.6 Å². The summed E-state index contributed by atoms with van der Waals surface area (Å²) in [5.41, 5.74) is 11.1. The zero-order valence-corrected chi connectivity index (χ0v) is 32.6. The number of allylic oxidation sites excluding steroid dienone is 12. The fourth-order valence-corrected chi connectivity index (χ4v) is 7.83. The van der Waals surface area contributed by atoms with Crippen molar-refractivity contribution in [2.45, 2.75) is 5.41 Å². The number of anilines is 3. The Morgan fingerprint density at radius 2 is 1.22 bits per heavy atom. The van der Waals surface area contributed by atoms with Gasteiger partial charge in [0.2, 0.25) is 0 Å². The van der Waals surface area contributed by atoms with Gasteiger partial charge in [-0.15, -0.1) is 0 Å². The molecule has 58 heavy (non-hydrogen) atoms. The molecule has 6 aromatic rings. The van der Waals surface area contributed by atoms with Crippen molar-refractivity contribution in [3.8, 4) is 22.3 Å². The molecule has 1 unspecified atom stereocenters. The molecule has 1 nitrogen and oxygen atoms in total. The van der Waals surface area contributed by atoms with Crippen LogP contribution in [0.15, 0.2) is 245 Å². The normalized spacial score (nSPS) is 15.6. The Labute approximate surface area is 350 Å². The van der Waals surface area contributed by atoms with Crippen LogP contribution in [0.4, 0.5) is 17.1 Å². The number of benzene rings is 6. The van der Waals surface area contributed by atoms with Crippen molar-refractivity contribution in [1.29, 1.82) is 0 Å². The quantitative estimate of drug-likeness (QED) is 0.0945. The van der Waals surface area contributed by atoms with Gasteiger partial charge in [-0.2, -0.15) is 0 Å². The predicted octanol–water partition coefficient (Wildman–Crippen LogP) is 15.6. The zero-order valence-electron chi connectivity index (χ0n) is 36.6. The fourth-order valence-electron chi connectivity index (χ4n) is 7.83. The fraction of sp³-hybridized carbons (Fsp3) is 0.0175. The summed E-state index contributed by atoms with van der Waals surface area (Å²) in [6, 6.07) is 38.4. The van der Waals surface area contributed by atoms with Crippen LogP contribution in [-0.4, -0.2) is 0 Å². The largest absolute Gasteiger partial charge is 0.310 e. The summed E-state index contributed by atoms with van der Waals surface area (Å²) >= 11 is 0. The molecule has 0 saturated carbocycles. The Balaban J connectivity index is 1.55. The van der Waals surface area contributed by atoms with Crippen molar-refractivity contribution in [3.63, 3.8) is 0 Å². The van der Waals surface area contributed by atoms with Crippen molar-refractivity contribution >= 4 is 34.8 Å². The van der Waals surface area contributed by atoms with Gasteiger partial charge >= 0.3 is 0 Å². The second-order valence-electron chi connectivity index (χ2n) is 13.7. The van der Waals surface area contributed by atoms with E-state index in [0.29, 0.717) is 16.9 Å². The van der Waals surface area contributed by atoms with Crippen LogP contribution in [0.25, 0.3) is 40.0 Å². The van der Waals surface area contributed by atoms with E-state index in [1.807, 2.05) is 96.0 Å². The van der Waals surface area contributed by atoms with E-state index in [9.17, 15) is 5.48 Å². The molecule has 0 fully saturated rings. The van der Waals surface area contributed by atoms with Crippen molar-refractivity contribution < 1.29 is 5.48 Å². The van der Waals surface area contributed by atoms with Crippen LogP contribution in [0.2, 0.25) is 0 Å². The predicted molar refractivity (Wildman–Crippen MR) is 254 cm³/mol. The molecule has 6 aromatic carbocycles. The molecule has 0 radical (unpaired) electrons. The minimum absolute atomic E-state index is 0.104. The summed E-state index contributed by atoms with van der Waals surface area (Å²) in [5, 5.41) is 0. The molecule has 0 N–H and O–H groups in total. The molecule has 0 aliphatic heterocycles. The Morgan fingerprint density at radius 3 is 1.95 bits per heavy atom. The first-order valence-corrected chi connectivity index (χ1v) is 19.1. The van der Waals surface area contributed by atoms with Gasteiger partial charge in [0, 0.05) is 17.1 Å². The number of rotatable bonds is 15. The molecule has 1 heteroatoms. The highest BCUT2D eigenvalue weighted by Gasteiger charge is 2.46. The molecular weight excluding hydrogens is 699 g/mol. The van der Waals surface area contributed by atoms with Gasteiger partial charge in [-0.05, 0) is 109 Å². The lowest BCUT2D eigenvalue weighted by molar-refractivity contribution is 0.767. The van der Waals surface area contributed by atoms with Gasteiger partial charge in [0.15, 0.2) is 0 Å². The molecule has 0 aromatic heterocycles. The lowest BCUT2D eigenvalue weighted by atomic mass is 9.67. The Bertz CT molecular complexity index is 2880. The van der Waals surface area contributed by atoms with Crippen LogP contribution in [0.3, 0.4) is 0 Å². The molecular formula is C57H47N. The van der Waals surface area contributed by atoms with Gasteiger partial charge in [-0.1, -0.05) is 209 Å². The van der Waals surface area contributed by atoms with Crippen LogP contribution in [0.5, 0.6) is 0 Å². The molecule has 0 bridgehead atoms. The van der Waals surface area contributed by atoms with E-state index in [1.165, 1.54) is 0 Å². The van der Waals surface area contributed by atoms with E-state index in [1.54, 1.807) is 36.5 Å². The summed E-state index contributed by atoms with van der Waals surface area (Å²) < 4.78 is 37.8. The van der Waals surface area contributed by atoms with Crippen molar-refractivity contribution in [3.05, 3.63) is 279 Å². The molecule has 1 atom stereocenters. The van der Waals surface area contributed by atoms with E-state index in [-0.39, 0.29) is 35.4 Å². The van der Waals surface area contributed by atoms with Gasteiger partial charge in [0.05, 0.1) is 10.9 Å². The smallest absolute Gasteiger partial charge is 0.0714 e. The first kappa shape index (κ1) is 33.8. The van der Waals surface area contributed by atoms with Crippen LogP contribution in [0.1, 0.15) is 38.9 Å². The average molecular weight is 750 g/mol. The maximum Gasteiger partial charge on any atom is 0.0714 e. The number of nitrogens with zero attached hydrogens (tertiary/aromatic N) is 1. The first-order valence-electron chi connectivity index (χ1n) is 21.1. The van der Waals surface area contributed by atoms with E-state index >= 15 is 0 Å². The minimum Gasteiger partial charge on any atom is -0.310 e. The third kappa shape index (κ3) is 7.30. The molecule has 280 valence electrons. The second-order valence-corrected chi connectivity index (χ2v) is 13.7. The standard InChI is InChI=1S/C57H47N/c1-7-12-22-42(6)43-33-35-50(36-34-43)58(51-28-20-25-46(40-51)47-32-31-44(23-13-8-2)45(39-47)24-14-9-3)52-37-38-54-53-29-18-19-30-55(53)57(56(54)41-52,48(11-5)21-10-4)49-26-16-15-17-27-49/h7-41H,1-6H2/b22-12-,23-13-,24-14-,48-21+/i33D,34D,35D,36D. The van der Waals surface area contributed by atoms with Crippen LogP contribution in [-0.2, 0) is 5.41 Å². The van der Waals surface area contributed by atoms with Gasteiger partial charge in [-0.3, -0.25) is 0 Å². The Hall–Kier alpha value is -7.48. The highest BCUT2D eigenvalue weighted by molar-refractivity contribution is 5.90. The number of hydrogen-bond donors (Lipinski definition) is 0. The Morgan fingerprint density at radius 1 is 0.552 bits per heavy atom. The second kappa shape index (κ2) is 17.5. The first-order chi connectivity index (χ1) is 30.2. The van der Waals surface area contributed by atoms with Crippen molar-refractivity contribution in [2.24, 2.45) is 0 Å². The molecule has 0 amide bonds. The highest BCUT2D eigenvalue weighted by atomic mass is 15.1. The molecule has 0 saturated heterocycles. The maximum absolute atomic E-state index is 9.61. The van der Waals surface area contributed by atoms with Crippen LogP contribution >= 0.6 is 0 Å². The third-order valence-corrected chi connectivity index (χ3v) is 10.4. The monoisotopic (exact) mass is 749 g/mol. The average Bonchev–Trinajstić information content (AvgIpc) is 3.60. The number of fused-ring (bicyclic) bond motifs is 3. The summed E-state index contributed by atoms with van der Waals surface area (Å²) in [7, 11) is 0. The summed E-state index contributed by atoms with van der Waals surface area (Å²) in [4.78, 5) is 1.85. The van der Waals surface area contributed by atoms with Gasteiger partial charge in [0.25, 0.3) is 0 Å². The van der Waals surface area contributed by atoms with Crippen molar-refractivity contribution in [2.75, 3.05) is 4.90 Å². The van der Waals surface area contributed by atoms with Gasteiger partial charge in [-0.25, -0.2) is 0 Å². The van der Waals surface area contributed by atoms with Crippen molar-refractivity contribution in [1.82, 2.24) is 0 Å². The van der Waals surface area contributed by atoms with E-state index < -0.39 is 5.41 Å². The lowest BCUT2D eigenvalue weighted by Crippen LogP contribution is -2.29. The molecule has 0 spiro atoms. The highest BCUT2D eigenvalue weighted by Crippen LogP contribution is 2.57. The Kier molecular flexibility index (Phi) is 10.2. The molecule has 1 aliphatic rings. The van der Waals surface area contributed by atoms with Gasteiger partial charge < -0.3 is 4.90 Å². The number of hydrogen-bond acceptors (Lipinski definition) is 1. The lowest BCUT2D eigenvalue weighted by Gasteiger charge is -2.35. The third-order valence-electron chi connectivity index (χ3n) is 10.4. The molecule has 0 heterocycles. The van der Waals surface area contributed by atoms with Gasteiger partial charge in [0.1, 0.15) is 0 Å². The van der Waals surface area contributed by atoms with Crippen LogP contribution in [0, 0.1) is 0 Å². The molecule has 7 rings (SSSR count).